The van der Waals surface area contributed by atoms with Gasteiger partial charge in [0.2, 0.25) is 11.1 Å². The Morgan fingerprint density at radius 2 is 1.98 bits per heavy atom. The van der Waals surface area contributed by atoms with E-state index in [2.05, 4.69) is 31.2 Å². The Kier molecular flexibility index (Phi) is 7.55. The van der Waals surface area contributed by atoms with Crippen LogP contribution in [-0.2, 0) is 4.79 Å². The maximum absolute atomic E-state index is 13.5. The minimum Gasteiger partial charge on any atom is -0.390 e. The van der Waals surface area contributed by atoms with Crippen molar-refractivity contribution in [2.45, 2.75) is 29.1 Å². The highest BCUT2D eigenvalue weighted by Crippen LogP contribution is 2.29. The molecule has 210 valence electrons. The van der Waals surface area contributed by atoms with Gasteiger partial charge in [-0.25, -0.2) is 13.9 Å². The van der Waals surface area contributed by atoms with E-state index in [-0.39, 0.29) is 24.3 Å². The highest BCUT2D eigenvalue weighted by Gasteiger charge is 2.32. The number of aliphatic hydroxyl groups excluding tert-OH is 1. The molecule has 1 saturated heterocycles. The summed E-state index contributed by atoms with van der Waals surface area (Å²) in [6.45, 7) is 2.87. The van der Waals surface area contributed by atoms with Crippen molar-refractivity contribution in [2.75, 3.05) is 35.6 Å². The summed E-state index contributed by atoms with van der Waals surface area (Å²) in [5.74, 6) is 0.778. The van der Waals surface area contributed by atoms with E-state index in [0.717, 1.165) is 16.1 Å². The first-order valence-electron chi connectivity index (χ1n) is 13.0. The molecule has 4 heterocycles. The fourth-order valence-corrected chi connectivity index (χ4v) is 5.45. The Morgan fingerprint density at radius 1 is 1.12 bits per heavy atom. The first-order valence-corrected chi connectivity index (χ1v) is 13.8. The van der Waals surface area contributed by atoms with Crippen LogP contribution in [0.15, 0.2) is 83.0 Å². The molecule has 2 atom stereocenters. The van der Waals surface area contributed by atoms with Crippen molar-refractivity contribution in [3.63, 3.8) is 0 Å². The van der Waals surface area contributed by atoms with E-state index in [1.54, 1.807) is 16.6 Å². The van der Waals surface area contributed by atoms with Gasteiger partial charge in [-0.3, -0.25) is 14.8 Å². The third-order valence-electron chi connectivity index (χ3n) is 6.58. The molecule has 0 saturated carbocycles. The van der Waals surface area contributed by atoms with Gasteiger partial charge in [0, 0.05) is 47.3 Å². The van der Waals surface area contributed by atoms with Gasteiger partial charge < -0.3 is 21.1 Å². The molecule has 0 unspecified atom stereocenters. The number of carbonyl (C=O) groups is 1. The third-order valence-corrected chi connectivity index (χ3v) is 7.44. The SMILES string of the molecule is Cc1cc(Nc2nc(Sc3ccc(NC(=O)CN4C[C@H](Nc5cccc(F)c5)[C@@H](O)C4)cc3)nn3cccc23)n[nH]1. The summed E-state index contributed by atoms with van der Waals surface area (Å²) in [6, 6.07) is 19.0. The zero-order chi connectivity index (χ0) is 28.3. The van der Waals surface area contributed by atoms with Crippen molar-refractivity contribution in [1.29, 1.82) is 0 Å². The predicted octanol–water partition coefficient (Wildman–Crippen LogP) is 3.89. The smallest absolute Gasteiger partial charge is 0.238 e. The van der Waals surface area contributed by atoms with Gasteiger partial charge in [-0.15, -0.1) is 5.10 Å². The number of nitrogens with one attached hydrogen (secondary N) is 4. The number of hydrogen-bond donors (Lipinski definition) is 5. The number of fused-ring (bicyclic) bond motifs is 1. The summed E-state index contributed by atoms with van der Waals surface area (Å²) >= 11 is 1.40. The molecule has 3 aromatic heterocycles. The Bertz CT molecular complexity index is 1670. The van der Waals surface area contributed by atoms with Crippen molar-refractivity contribution in [3.05, 3.63) is 84.4 Å². The van der Waals surface area contributed by atoms with Crippen molar-refractivity contribution in [3.8, 4) is 0 Å². The summed E-state index contributed by atoms with van der Waals surface area (Å²) < 4.78 is 15.2. The molecule has 0 spiro atoms. The molecular formula is C28H28FN9O2S. The van der Waals surface area contributed by atoms with Gasteiger partial charge in [0.15, 0.2) is 11.6 Å². The Morgan fingerprint density at radius 3 is 2.76 bits per heavy atom. The van der Waals surface area contributed by atoms with Gasteiger partial charge in [-0.2, -0.15) is 5.10 Å². The topological polar surface area (TPSA) is 136 Å². The van der Waals surface area contributed by atoms with Gasteiger partial charge in [0.25, 0.3) is 0 Å². The molecule has 13 heteroatoms. The molecule has 41 heavy (non-hydrogen) atoms. The average molecular weight is 574 g/mol. The molecule has 5 N–H and O–H groups in total. The van der Waals surface area contributed by atoms with Crippen LogP contribution in [0.5, 0.6) is 0 Å². The average Bonchev–Trinajstić information content (AvgIpc) is 3.66. The molecule has 0 bridgehead atoms. The van der Waals surface area contributed by atoms with Crippen LogP contribution in [0.1, 0.15) is 5.69 Å². The third kappa shape index (κ3) is 6.48. The van der Waals surface area contributed by atoms with E-state index in [9.17, 15) is 14.3 Å². The van der Waals surface area contributed by atoms with Crippen molar-refractivity contribution in [2.24, 2.45) is 0 Å². The molecule has 1 aliphatic rings. The van der Waals surface area contributed by atoms with Gasteiger partial charge in [-0.1, -0.05) is 6.07 Å². The van der Waals surface area contributed by atoms with E-state index in [0.29, 0.717) is 41.3 Å². The van der Waals surface area contributed by atoms with E-state index >= 15 is 0 Å². The lowest BCUT2D eigenvalue weighted by atomic mass is 10.2. The Balaban J connectivity index is 1.05. The highest BCUT2D eigenvalue weighted by atomic mass is 32.2. The number of anilines is 4. The van der Waals surface area contributed by atoms with Gasteiger partial charge in [0.1, 0.15) is 11.3 Å². The van der Waals surface area contributed by atoms with E-state index in [1.165, 1.54) is 23.9 Å². The number of aromatic amines is 1. The second-order valence-corrected chi connectivity index (χ2v) is 10.9. The largest absolute Gasteiger partial charge is 0.390 e. The summed E-state index contributed by atoms with van der Waals surface area (Å²) in [5.41, 5.74) is 3.02. The zero-order valence-corrected chi connectivity index (χ0v) is 22.9. The number of carbonyl (C=O) groups excluding carboxylic acids is 1. The first-order chi connectivity index (χ1) is 19.9. The normalized spacial score (nSPS) is 17.1. The predicted molar refractivity (Wildman–Crippen MR) is 155 cm³/mol. The van der Waals surface area contributed by atoms with Crippen molar-refractivity contribution >= 4 is 46.2 Å². The number of β-amino-alcohol motifs (C(OH)–C–C–N with tert-alkyl or cyclic N) is 1. The quantitative estimate of drug-likeness (QED) is 0.178. The summed E-state index contributed by atoms with van der Waals surface area (Å²) in [5, 5.41) is 32.0. The number of rotatable bonds is 9. The molecule has 2 aromatic carbocycles. The second kappa shape index (κ2) is 11.6. The molecule has 6 rings (SSSR count). The van der Waals surface area contributed by atoms with Crippen LogP contribution in [0.3, 0.4) is 0 Å². The zero-order valence-electron chi connectivity index (χ0n) is 22.1. The van der Waals surface area contributed by atoms with Gasteiger partial charge in [0.05, 0.1) is 18.7 Å². The molecule has 0 aliphatic carbocycles. The van der Waals surface area contributed by atoms with Crippen LogP contribution in [0.25, 0.3) is 5.52 Å². The minimum absolute atomic E-state index is 0.130. The number of aliphatic hydroxyl groups is 1. The standard InChI is InChI=1S/C28H28FN9O2S/c1-17-12-25(35-34-17)32-27-23-6-3-11-38(23)36-28(33-27)41-21-9-7-19(8-10-21)31-26(40)16-37-14-22(24(39)15-37)30-20-5-2-4-18(29)13-20/h2-13,22,24,30,39H,14-16H2,1H3,(H,31,40)(H2,32,33,34,35,36)/t22-,24-/m0/s1. The van der Waals surface area contributed by atoms with Crippen LogP contribution in [0, 0.1) is 12.7 Å². The lowest BCUT2D eigenvalue weighted by Crippen LogP contribution is -2.33. The fraction of sp³-hybridized carbons (Fsp3) is 0.214. The number of aromatic nitrogens is 5. The lowest BCUT2D eigenvalue weighted by Gasteiger charge is -2.17. The van der Waals surface area contributed by atoms with Crippen LogP contribution in [0.4, 0.5) is 27.4 Å². The van der Waals surface area contributed by atoms with Crippen LogP contribution in [0.2, 0.25) is 0 Å². The molecule has 0 radical (unpaired) electrons. The molecule has 11 nitrogen and oxygen atoms in total. The summed E-state index contributed by atoms with van der Waals surface area (Å²) in [7, 11) is 0. The fourth-order valence-electron chi connectivity index (χ4n) is 4.70. The first kappa shape index (κ1) is 26.7. The molecule has 1 amide bonds. The highest BCUT2D eigenvalue weighted by molar-refractivity contribution is 7.99. The summed E-state index contributed by atoms with van der Waals surface area (Å²) in [6.07, 6.45) is 1.19. The van der Waals surface area contributed by atoms with E-state index in [4.69, 9.17) is 4.98 Å². The molecule has 5 aromatic rings. The molecular weight excluding hydrogens is 545 g/mol. The van der Waals surface area contributed by atoms with Crippen molar-refractivity contribution < 1.29 is 14.3 Å². The molecule has 1 fully saturated rings. The number of H-pyrrole nitrogens is 1. The van der Waals surface area contributed by atoms with Crippen LogP contribution < -0.4 is 16.0 Å². The lowest BCUT2D eigenvalue weighted by molar-refractivity contribution is -0.117. The van der Waals surface area contributed by atoms with Gasteiger partial charge >= 0.3 is 0 Å². The number of nitrogens with zero attached hydrogens (tertiary/aromatic N) is 5. The number of aryl methyl sites for hydroxylation is 1. The maximum Gasteiger partial charge on any atom is 0.238 e. The Hall–Kier alpha value is -4.46. The van der Waals surface area contributed by atoms with Crippen molar-refractivity contribution in [1.82, 2.24) is 29.7 Å². The number of halogens is 1. The number of benzene rings is 2. The number of amides is 1. The molecule has 1 aliphatic heterocycles. The van der Waals surface area contributed by atoms with Crippen LogP contribution in [-0.4, -0.2) is 72.5 Å². The Labute approximate surface area is 239 Å². The monoisotopic (exact) mass is 573 g/mol. The second-order valence-electron chi connectivity index (χ2n) is 9.84. The minimum atomic E-state index is -0.672. The van der Waals surface area contributed by atoms with E-state index < -0.39 is 6.10 Å². The summed E-state index contributed by atoms with van der Waals surface area (Å²) in [4.78, 5) is 20.2. The van der Waals surface area contributed by atoms with Gasteiger partial charge in [-0.05, 0) is 73.3 Å². The van der Waals surface area contributed by atoms with E-state index in [1.807, 2.05) is 60.5 Å². The number of hydrogen-bond acceptors (Lipinski definition) is 9. The number of likely N-dealkylation sites (tertiary alicyclic amines) is 1. The van der Waals surface area contributed by atoms with Crippen LogP contribution >= 0.6 is 11.8 Å². The maximum atomic E-state index is 13.5.